The van der Waals surface area contributed by atoms with Gasteiger partial charge in [-0.1, -0.05) is 38.1 Å². The fourth-order valence-corrected chi connectivity index (χ4v) is 3.58. The van der Waals surface area contributed by atoms with E-state index < -0.39 is 5.54 Å². The molecule has 1 N–H and O–H groups in total. The molecule has 1 heterocycles. The van der Waals surface area contributed by atoms with E-state index in [0.717, 1.165) is 6.42 Å². The lowest BCUT2D eigenvalue weighted by molar-refractivity contribution is -0.150. The lowest BCUT2D eigenvalue weighted by Crippen LogP contribution is -2.66. The number of nitrogens with one attached hydrogen (secondary N) is 1. The molecule has 1 aliphatic heterocycles. The van der Waals surface area contributed by atoms with Gasteiger partial charge in [-0.25, -0.2) is 0 Å². The first-order valence-electron chi connectivity index (χ1n) is 7.78. The van der Waals surface area contributed by atoms with Crippen LogP contribution in [0.1, 0.15) is 43.7 Å². The summed E-state index contributed by atoms with van der Waals surface area (Å²) in [6, 6.07) is 8.36. The third-order valence-corrected chi connectivity index (χ3v) is 5.02. The molecule has 1 aromatic carbocycles. The van der Waals surface area contributed by atoms with Crippen molar-refractivity contribution in [3.8, 4) is 0 Å². The van der Waals surface area contributed by atoms with Crippen LogP contribution in [-0.4, -0.2) is 35.3 Å². The molecule has 1 aromatic rings. The van der Waals surface area contributed by atoms with Crippen molar-refractivity contribution in [2.75, 3.05) is 13.1 Å². The molecule has 112 valence electrons. The summed E-state index contributed by atoms with van der Waals surface area (Å²) in [6.07, 6.45) is 2.30. The van der Waals surface area contributed by atoms with E-state index in [1.807, 2.05) is 26.0 Å². The number of rotatable bonds is 4. The van der Waals surface area contributed by atoms with E-state index in [4.69, 9.17) is 0 Å². The molecule has 0 spiro atoms. The molecule has 1 aliphatic carbocycles. The molecule has 4 heteroatoms. The molecule has 1 atom stereocenters. The van der Waals surface area contributed by atoms with Gasteiger partial charge in [0.2, 0.25) is 11.8 Å². The smallest absolute Gasteiger partial charge is 0.248 e. The average molecular weight is 286 g/mol. The van der Waals surface area contributed by atoms with Crippen LogP contribution in [-0.2, 0) is 16.0 Å². The molecule has 3 rings (SSSR count). The van der Waals surface area contributed by atoms with Crippen molar-refractivity contribution in [3.63, 3.8) is 0 Å². The normalized spacial score (nSPS) is 23.3. The van der Waals surface area contributed by atoms with Crippen molar-refractivity contribution in [1.29, 1.82) is 0 Å². The van der Waals surface area contributed by atoms with E-state index in [-0.39, 0.29) is 18.4 Å². The van der Waals surface area contributed by atoms with Gasteiger partial charge in [0.15, 0.2) is 0 Å². The van der Waals surface area contributed by atoms with Crippen LogP contribution in [0.2, 0.25) is 0 Å². The molecule has 0 saturated carbocycles. The zero-order valence-corrected chi connectivity index (χ0v) is 12.7. The molecule has 0 bridgehead atoms. The maximum Gasteiger partial charge on any atom is 0.248 e. The standard InChI is InChI=1S/C17H22N2O2/c1-3-17(4-2)16(21)19(11-15(20)18-17)10-13-9-12-7-5-6-8-14(12)13/h5-8,13H,3-4,9-11H2,1-2H3,(H,18,20). The van der Waals surface area contributed by atoms with Crippen molar-refractivity contribution in [1.82, 2.24) is 10.2 Å². The lowest BCUT2D eigenvalue weighted by Gasteiger charge is -2.43. The molecule has 1 saturated heterocycles. The summed E-state index contributed by atoms with van der Waals surface area (Å²) in [4.78, 5) is 26.5. The summed E-state index contributed by atoms with van der Waals surface area (Å²) < 4.78 is 0. The van der Waals surface area contributed by atoms with E-state index in [9.17, 15) is 9.59 Å². The Balaban J connectivity index is 1.77. The van der Waals surface area contributed by atoms with Gasteiger partial charge in [0.05, 0.1) is 6.54 Å². The lowest BCUT2D eigenvalue weighted by atomic mass is 9.77. The van der Waals surface area contributed by atoms with Gasteiger partial charge in [0.1, 0.15) is 5.54 Å². The number of hydrogen-bond donors (Lipinski definition) is 1. The molecule has 2 amide bonds. The molecular formula is C17H22N2O2. The molecule has 0 radical (unpaired) electrons. The van der Waals surface area contributed by atoms with Gasteiger partial charge in [0, 0.05) is 12.5 Å². The van der Waals surface area contributed by atoms with E-state index in [1.165, 1.54) is 11.1 Å². The first kappa shape index (κ1) is 14.1. The topological polar surface area (TPSA) is 49.4 Å². The Morgan fingerprint density at radius 2 is 1.95 bits per heavy atom. The largest absolute Gasteiger partial charge is 0.340 e. The Morgan fingerprint density at radius 3 is 2.62 bits per heavy atom. The van der Waals surface area contributed by atoms with E-state index in [2.05, 4.69) is 17.4 Å². The first-order valence-corrected chi connectivity index (χ1v) is 7.78. The van der Waals surface area contributed by atoms with Gasteiger partial charge < -0.3 is 10.2 Å². The Morgan fingerprint density at radius 1 is 1.24 bits per heavy atom. The Kier molecular flexibility index (Phi) is 3.47. The van der Waals surface area contributed by atoms with Gasteiger partial charge in [-0.15, -0.1) is 0 Å². The second-order valence-electron chi connectivity index (χ2n) is 6.12. The van der Waals surface area contributed by atoms with Crippen LogP contribution in [0.15, 0.2) is 24.3 Å². The molecule has 0 aromatic heterocycles. The van der Waals surface area contributed by atoms with Crippen LogP contribution in [0.4, 0.5) is 0 Å². The molecule has 1 fully saturated rings. The Labute approximate surface area is 125 Å². The molecule has 4 nitrogen and oxygen atoms in total. The number of fused-ring (bicyclic) bond motifs is 1. The van der Waals surface area contributed by atoms with Crippen LogP contribution in [0, 0.1) is 0 Å². The SMILES string of the molecule is CCC1(CC)NC(=O)CN(CC2Cc3ccccc32)C1=O. The summed E-state index contributed by atoms with van der Waals surface area (Å²) >= 11 is 0. The highest BCUT2D eigenvalue weighted by Gasteiger charge is 2.45. The van der Waals surface area contributed by atoms with Crippen LogP contribution in [0.3, 0.4) is 0 Å². The van der Waals surface area contributed by atoms with Crippen molar-refractivity contribution >= 4 is 11.8 Å². The summed E-state index contributed by atoms with van der Waals surface area (Å²) in [6.45, 7) is 4.78. The van der Waals surface area contributed by atoms with Gasteiger partial charge >= 0.3 is 0 Å². The third kappa shape index (κ3) is 2.23. The zero-order chi connectivity index (χ0) is 15.0. The average Bonchev–Trinajstić information content (AvgIpc) is 2.48. The summed E-state index contributed by atoms with van der Waals surface area (Å²) in [5, 5.41) is 2.91. The van der Waals surface area contributed by atoms with Crippen LogP contribution < -0.4 is 5.32 Å². The summed E-state index contributed by atoms with van der Waals surface area (Å²) in [5.74, 6) is 0.421. The second-order valence-corrected chi connectivity index (χ2v) is 6.12. The van der Waals surface area contributed by atoms with Gasteiger partial charge in [0.25, 0.3) is 0 Å². The second kappa shape index (κ2) is 5.17. The Bertz CT molecular complexity index is 578. The summed E-state index contributed by atoms with van der Waals surface area (Å²) in [7, 11) is 0. The number of nitrogens with zero attached hydrogens (tertiary/aromatic N) is 1. The highest BCUT2D eigenvalue weighted by Crippen LogP contribution is 2.36. The van der Waals surface area contributed by atoms with Crippen molar-refractivity contribution in [3.05, 3.63) is 35.4 Å². The molecule has 2 aliphatic rings. The van der Waals surface area contributed by atoms with Crippen molar-refractivity contribution in [2.24, 2.45) is 0 Å². The van der Waals surface area contributed by atoms with Crippen molar-refractivity contribution < 1.29 is 9.59 Å². The van der Waals surface area contributed by atoms with E-state index in [1.54, 1.807) is 4.90 Å². The van der Waals surface area contributed by atoms with Crippen molar-refractivity contribution in [2.45, 2.75) is 44.6 Å². The monoisotopic (exact) mass is 286 g/mol. The minimum atomic E-state index is -0.696. The van der Waals surface area contributed by atoms with E-state index in [0.29, 0.717) is 25.3 Å². The molecule has 21 heavy (non-hydrogen) atoms. The minimum absolute atomic E-state index is 0.0362. The predicted molar refractivity (Wildman–Crippen MR) is 80.9 cm³/mol. The third-order valence-electron chi connectivity index (χ3n) is 5.02. The van der Waals surface area contributed by atoms with E-state index >= 15 is 0 Å². The zero-order valence-electron chi connectivity index (χ0n) is 12.7. The van der Waals surface area contributed by atoms with Crippen LogP contribution >= 0.6 is 0 Å². The maximum atomic E-state index is 12.8. The molecule has 1 unspecified atom stereocenters. The van der Waals surface area contributed by atoms with Gasteiger partial charge in [-0.05, 0) is 30.4 Å². The fraction of sp³-hybridized carbons (Fsp3) is 0.529. The van der Waals surface area contributed by atoms with Gasteiger partial charge in [-0.2, -0.15) is 0 Å². The fourth-order valence-electron chi connectivity index (χ4n) is 3.58. The summed E-state index contributed by atoms with van der Waals surface area (Å²) in [5.41, 5.74) is 2.00. The highest BCUT2D eigenvalue weighted by molar-refractivity contribution is 5.98. The predicted octanol–water partition coefficient (Wildman–Crippen LogP) is 1.84. The quantitative estimate of drug-likeness (QED) is 0.918. The number of hydrogen-bond acceptors (Lipinski definition) is 2. The maximum absolute atomic E-state index is 12.8. The minimum Gasteiger partial charge on any atom is -0.340 e. The number of piperazine rings is 1. The number of benzene rings is 1. The van der Waals surface area contributed by atoms with Crippen LogP contribution in [0.5, 0.6) is 0 Å². The highest BCUT2D eigenvalue weighted by atomic mass is 16.2. The molecular weight excluding hydrogens is 264 g/mol. The van der Waals surface area contributed by atoms with Gasteiger partial charge in [-0.3, -0.25) is 9.59 Å². The Hall–Kier alpha value is -1.84. The first-order chi connectivity index (χ1) is 10.1. The number of amides is 2. The number of carbonyl (C=O) groups excluding carboxylic acids is 2. The van der Waals surface area contributed by atoms with Crippen LogP contribution in [0.25, 0.3) is 0 Å². The number of carbonyl (C=O) groups is 2.